The first kappa shape index (κ1) is 25.6. The number of rotatable bonds is 8. The molecule has 1 aromatic heterocycles. The summed E-state index contributed by atoms with van der Waals surface area (Å²) in [6.07, 6.45) is -3.46. The molecule has 0 amide bonds. The molecule has 2 heterocycles. The molecule has 6 N–H and O–H groups in total. The highest BCUT2D eigenvalue weighted by Gasteiger charge is 2.54. The zero-order chi connectivity index (χ0) is 23.1. The number of halogens is 1. The van der Waals surface area contributed by atoms with Crippen LogP contribution in [-0.4, -0.2) is 57.9 Å². The highest BCUT2D eigenvalue weighted by molar-refractivity contribution is 7.66. The number of aliphatic hydroxyl groups excluding tert-OH is 1. The molecule has 0 aromatic carbocycles. The molecule has 16 nitrogen and oxygen atoms in total. The second kappa shape index (κ2) is 8.68. The predicted molar refractivity (Wildman–Crippen MR) is 95.3 cm³/mol. The van der Waals surface area contributed by atoms with Gasteiger partial charge >= 0.3 is 29.2 Å². The number of hydrogen-bond donors (Lipinski definition) is 6. The Bertz CT molecular complexity index is 1050. The maximum atomic E-state index is 11.9. The summed E-state index contributed by atoms with van der Waals surface area (Å²) in [4.78, 5) is 58.8. The van der Waals surface area contributed by atoms with Crippen LogP contribution in [0.1, 0.15) is 13.2 Å². The number of alkyl halides is 1. The number of phosphoric acid groups is 3. The number of aromatic amines is 1. The number of nitrogens with one attached hydrogen (secondary N) is 1. The number of hydrogen-bond acceptors (Lipinski definition) is 10. The van der Waals surface area contributed by atoms with Crippen molar-refractivity contribution >= 4 is 35.1 Å². The molecule has 3 unspecified atom stereocenters. The smallest absolute Gasteiger partial charge is 0.388 e. The van der Waals surface area contributed by atoms with E-state index in [4.69, 9.17) is 31.0 Å². The highest BCUT2D eigenvalue weighted by Crippen LogP contribution is 2.66. The van der Waals surface area contributed by atoms with E-state index in [0.717, 1.165) is 16.8 Å². The summed E-state index contributed by atoms with van der Waals surface area (Å²) in [5.74, 6) is 0. The van der Waals surface area contributed by atoms with E-state index in [1.165, 1.54) is 6.92 Å². The van der Waals surface area contributed by atoms with E-state index in [-0.39, 0.29) is 0 Å². The molecule has 6 atom stereocenters. The summed E-state index contributed by atoms with van der Waals surface area (Å²) in [6, 6.07) is 0.976. The van der Waals surface area contributed by atoms with Gasteiger partial charge in [0.15, 0.2) is 6.23 Å². The zero-order valence-corrected chi connectivity index (χ0v) is 18.1. The lowest BCUT2D eigenvalue weighted by Gasteiger charge is -2.26. The predicted octanol–water partition coefficient (Wildman–Crippen LogP) is -0.864. The SMILES string of the molecule is C[C@]1(Cl)C(n2ccc(=O)[nH]c2=O)O[C@H](COP(=O)(O)OP(=O)(O)OP(=O)(O)O)[C@H]1O. The fourth-order valence-electron chi connectivity index (χ4n) is 2.43. The van der Waals surface area contributed by atoms with Crippen molar-refractivity contribution in [1.29, 1.82) is 0 Å². The van der Waals surface area contributed by atoms with Crippen LogP contribution in [0.3, 0.4) is 0 Å². The topological polar surface area (TPSA) is 244 Å². The normalized spacial score (nSPS) is 31.2. The maximum absolute atomic E-state index is 11.9. The maximum Gasteiger partial charge on any atom is 0.490 e. The number of nitrogens with zero attached hydrogens (tertiary/aromatic N) is 1. The molecule has 1 aliphatic rings. The number of H-pyrrole nitrogens is 1. The van der Waals surface area contributed by atoms with Crippen molar-refractivity contribution in [1.82, 2.24) is 9.55 Å². The monoisotopic (exact) mass is 516 g/mol. The molecule has 1 fully saturated rings. The van der Waals surface area contributed by atoms with Crippen LogP contribution in [0.15, 0.2) is 21.9 Å². The lowest BCUT2D eigenvalue weighted by atomic mass is 10.0. The van der Waals surface area contributed by atoms with Crippen LogP contribution in [-0.2, 0) is 31.6 Å². The number of phosphoric ester groups is 1. The first-order valence-electron chi connectivity index (χ1n) is 7.56. The molecule has 0 saturated carbocycles. The van der Waals surface area contributed by atoms with Crippen molar-refractivity contribution in [2.75, 3.05) is 6.61 Å². The standard InChI is InChI=1S/C10H16ClN2O14P3/c1-10(11)7(15)5(25-8(10)13-3-2-6(14)12-9(13)16)4-24-29(20,21)27-30(22,23)26-28(17,18)19/h2-3,5,7-8,15H,4H2,1H3,(H,20,21)(H,22,23)(H,12,14,16)(H2,17,18,19)/t5-,7-,8?,10-/m1/s1. The summed E-state index contributed by atoms with van der Waals surface area (Å²) in [6.45, 7) is 0.272. The fourth-order valence-corrected chi connectivity index (χ4v) is 5.76. The van der Waals surface area contributed by atoms with Crippen LogP contribution in [0, 0.1) is 0 Å². The summed E-state index contributed by atoms with van der Waals surface area (Å²) in [5.41, 5.74) is -1.64. The Hall–Kier alpha value is -0.700. The van der Waals surface area contributed by atoms with Crippen molar-refractivity contribution in [2.45, 2.75) is 30.2 Å². The van der Waals surface area contributed by atoms with Crippen molar-refractivity contribution in [3.8, 4) is 0 Å². The minimum Gasteiger partial charge on any atom is -0.388 e. The molecular weight excluding hydrogens is 500 g/mol. The van der Waals surface area contributed by atoms with Gasteiger partial charge in [0.25, 0.3) is 5.56 Å². The van der Waals surface area contributed by atoms with Gasteiger partial charge in [0.1, 0.15) is 17.1 Å². The lowest BCUT2D eigenvalue weighted by molar-refractivity contribution is -0.0460. The summed E-state index contributed by atoms with van der Waals surface area (Å²) < 4.78 is 51.3. The molecule has 1 saturated heterocycles. The van der Waals surface area contributed by atoms with Crippen LogP contribution in [0.5, 0.6) is 0 Å². The first-order valence-corrected chi connectivity index (χ1v) is 12.5. The van der Waals surface area contributed by atoms with Crippen LogP contribution < -0.4 is 11.2 Å². The molecule has 0 spiro atoms. The van der Waals surface area contributed by atoms with E-state index in [1.807, 2.05) is 4.98 Å². The van der Waals surface area contributed by atoms with Crippen LogP contribution >= 0.6 is 35.1 Å². The van der Waals surface area contributed by atoms with E-state index in [1.54, 1.807) is 0 Å². The number of ether oxygens (including phenoxy) is 1. The van der Waals surface area contributed by atoms with Crippen LogP contribution in [0.2, 0.25) is 0 Å². The highest BCUT2D eigenvalue weighted by atomic mass is 35.5. The Labute approximate surface area is 171 Å². The van der Waals surface area contributed by atoms with E-state index in [0.29, 0.717) is 0 Å². The van der Waals surface area contributed by atoms with Crippen LogP contribution in [0.25, 0.3) is 0 Å². The Morgan fingerprint density at radius 3 is 2.33 bits per heavy atom. The molecule has 30 heavy (non-hydrogen) atoms. The minimum atomic E-state index is -5.72. The van der Waals surface area contributed by atoms with Crippen molar-refractivity contribution < 1.29 is 56.3 Å². The van der Waals surface area contributed by atoms with Gasteiger partial charge in [-0.1, -0.05) is 0 Å². The second-order valence-electron chi connectivity index (χ2n) is 6.03. The van der Waals surface area contributed by atoms with E-state index < -0.39 is 64.6 Å². The van der Waals surface area contributed by atoms with E-state index in [2.05, 4.69) is 13.1 Å². The molecule has 172 valence electrons. The quantitative estimate of drug-likeness (QED) is 0.182. The van der Waals surface area contributed by atoms with Gasteiger partial charge in [-0.25, -0.2) is 18.5 Å². The molecular formula is C10H16ClN2O14P3. The Kier molecular flexibility index (Phi) is 7.39. The third kappa shape index (κ3) is 6.40. The second-order valence-corrected chi connectivity index (χ2v) is 11.3. The fraction of sp³-hybridized carbons (Fsp3) is 0.600. The summed E-state index contributed by atoms with van der Waals surface area (Å²) in [5, 5.41) is 10.3. The Morgan fingerprint density at radius 2 is 1.80 bits per heavy atom. The average molecular weight is 517 g/mol. The first-order chi connectivity index (χ1) is 13.4. The number of aliphatic hydroxyl groups is 1. The lowest BCUT2D eigenvalue weighted by Crippen LogP contribution is -2.42. The molecule has 1 aromatic rings. The van der Waals surface area contributed by atoms with Crippen molar-refractivity contribution in [2.24, 2.45) is 0 Å². The molecule has 20 heteroatoms. The largest absolute Gasteiger partial charge is 0.490 e. The van der Waals surface area contributed by atoms with Gasteiger partial charge in [-0.2, -0.15) is 8.62 Å². The number of aromatic nitrogens is 2. The van der Waals surface area contributed by atoms with Gasteiger partial charge in [0.05, 0.1) is 6.61 Å². The van der Waals surface area contributed by atoms with Gasteiger partial charge in [-0.3, -0.25) is 18.9 Å². The van der Waals surface area contributed by atoms with Gasteiger partial charge in [-0.05, 0) is 6.92 Å². The van der Waals surface area contributed by atoms with Gasteiger partial charge in [-0.15, -0.1) is 11.6 Å². The molecule has 0 radical (unpaired) electrons. The van der Waals surface area contributed by atoms with Crippen molar-refractivity contribution in [3.05, 3.63) is 33.1 Å². The molecule has 1 aliphatic heterocycles. The zero-order valence-electron chi connectivity index (χ0n) is 14.7. The summed E-state index contributed by atoms with van der Waals surface area (Å²) >= 11 is 6.22. The minimum absolute atomic E-state index is 0.713. The van der Waals surface area contributed by atoms with Gasteiger partial charge in [0.2, 0.25) is 0 Å². The average Bonchev–Trinajstić information content (AvgIpc) is 2.73. The molecule has 0 aliphatic carbocycles. The summed E-state index contributed by atoms with van der Waals surface area (Å²) in [7, 11) is -16.7. The van der Waals surface area contributed by atoms with Crippen LogP contribution in [0.4, 0.5) is 0 Å². The molecule has 2 rings (SSSR count). The Balaban J connectivity index is 2.13. The van der Waals surface area contributed by atoms with Gasteiger partial charge in [0, 0.05) is 12.3 Å². The molecule has 0 bridgehead atoms. The van der Waals surface area contributed by atoms with Gasteiger partial charge < -0.3 is 29.4 Å². The van der Waals surface area contributed by atoms with Crippen molar-refractivity contribution in [3.63, 3.8) is 0 Å². The van der Waals surface area contributed by atoms with E-state index in [9.17, 15) is 33.3 Å². The Morgan fingerprint density at radius 1 is 1.20 bits per heavy atom. The van der Waals surface area contributed by atoms with E-state index >= 15 is 0 Å². The third-order valence-electron chi connectivity index (χ3n) is 3.64. The third-order valence-corrected chi connectivity index (χ3v) is 7.85.